The van der Waals surface area contributed by atoms with Crippen LogP contribution >= 0.6 is 11.3 Å². The number of unbranched alkanes of at least 4 members (excludes halogenated alkanes) is 3. The third kappa shape index (κ3) is 6.06. The Morgan fingerprint density at radius 2 is 1.59 bits per heavy atom. The highest BCUT2D eigenvalue weighted by molar-refractivity contribution is 7.16. The van der Waals surface area contributed by atoms with E-state index in [-0.39, 0.29) is 5.75 Å². The molecule has 0 amide bonds. The van der Waals surface area contributed by atoms with Gasteiger partial charge in [-0.3, -0.25) is 19.6 Å². The maximum Gasteiger partial charge on any atom is 0.298 e. The number of carbonyl (C=O) groups excluding carboxylic acids is 2. The molecule has 0 aliphatic carbocycles. The van der Waals surface area contributed by atoms with Crippen LogP contribution in [-0.4, -0.2) is 41.1 Å². The Labute approximate surface area is 229 Å². The minimum absolute atomic E-state index is 0.282. The Balaban J connectivity index is 1.45. The summed E-state index contributed by atoms with van der Waals surface area (Å²) in [5.74, 6) is 2.25. The van der Waals surface area contributed by atoms with Crippen LogP contribution in [0.3, 0.4) is 0 Å². The van der Waals surface area contributed by atoms with Crippen LogP contribution < -0.4 is 18.9 Å². The van der Waals surface area contributed by atoms with Crippen LogP contribution in [0.1, 0.15) is 37.5 Å². The highest BCUT2D eigenvalue weighted by atomic mass is 32.1. The number of hydrogen-bond acceptors (Lipinski definition) is 10. The second-order valence-corrected chi connectivity index (χ2v) is 9.94. The van der Waals surface area contributed by atoms with Crippen LogP contribution in [0.2, 0.25) is 0 Å². The van der Waals surface area contributed by atoms with Crippen molar-refractivity contribution in [2.45, 2.75) is 39.0 Å². The average Bonchev–Trinajstić information content (AvgIpc) is 3.34. The first-order valence-corrected chi connectivity index (χ1v) is 13.6. The Morgan fingerprint density at radius 3 is 2.33 bits per heavy atom. The first-order chi connectivity index (χ1) is 19.2. The maximum atomic E-state index is 11.1. The largest absolute Gasteiger partial charge is 0.485 e. The molecule has 5 rings (SSSR count). The van der Waals surface area contributed by atoms with Crippen LogP contribution in [0, 0.1) is 0 Å². The number of aryl methyl sites for hydroxylation is 1. The fourth-order valence-corrected chi connectivity index (χ4v) is 5.55. The molecular formula is C29H27N3O6S. The Kier molecular flexibility index (Phi) is 8.42. The van der Waals surface area contributed by atoms with E-state index in [2.05, 4.69) is 21.9 Å². The number of nitrogens with zero attached hydrogens (tertiary/aromatic N) is 3. The second-order valence-electron chi connectivity index (χ2n) is 8.83. The van der Waals surface area contributed by atoms with Gasteiger partial charge in [0.1, 0.15) is 24.7 Å². The Bertz CT molecular complexity index is 1450. The molecular weight excluding hydrogens is 518 g/mol. The van der Waals surface area contributed by atoms with Crippen molar-refractivity contribution in [2.24, 2.45) is 0 Å². The molecule has 0 atom stereocenters. The molecule has 10 heteroatoms. The molecule has 0 radical (unpaired) electrons. The number of fused-ring (bicyclic) bond motifs is 1. The summed E-state index contributed by atoms with van der Waals surface area (Å²) < 4.78 is 22.1. The lowest BCUT2D eigenvalue weighted by Crippen LogP contribution is -2.15. The zero-order valence-corrected chi connectivity index (χ0v) is 22.2. The summed E-state index contributed by atoms with van der Waals surface area (Å²) >= 11 is 1.69. The first-order valence-electron chi connectivity index (χ1n) is 12.8. The SMILES string of the molecule is CCCCCCc1sc(-c2ccc(-c3cc(OC=O)cc(-c4cc(OC=O)ccn4)n3)nc2)c2c1OCCO2. The zero-order valence-electron chi connectivity index (χ0n) is 21.4. The molecule has 0 spiro atoms. The number of ether oxygens (including phenoxy) is 4. The van der Waals surface area contributed by atoms with Gasteiger partial charge in [-0.1, -0.05) is 26.2 Å². The van der Waals surface area contributed by atoms with Crippen molar-refractivity contribution in [3.05, 3.63) is 53.7 Å². The van der Waals surface area contributed by atoms with Gasteiger partial charge in [0, 0.05) is 36.2 Å². The third-order valence-electron chi connectivity index (χ3n) is 6.17. The van der Waals surface area contributed by atoms with Crippen LogP contribution in [0.5, 0.6) is 23.0 Å². The predicted molar refractivity (Wildman–Crippen MR) is 146 cm³/mol. The predicted octanol–water partition coefficient (Wildman–Crippen LogP) is 5.90. The molecule has 200 valence electrons. The molecule has 9 nitrogen and oxygen atoms in total. The van der Waals surface area contributed by atoms with Gasteiger partial charge < -0.3 is 18.9 Å². The number of carbonyl (C=O) groups is 2. The van der Waals surface area contributed by atoms with Crippen LogP contribution in [-0.2, 0) is 16.0 Å². The van der Waals surface area contributed by atoms with E-state index in [0.717, 1.165) is 34.8 Å². The van der Waals surface area contributed by atoms with E-state index < -0.39 is 0 Å². The minimum atomic E-state index is 0.282. The van der Waals surface area contributed by atoms with E-state index in [0.29, 0.717) is 54.7 Å². The number of hydrogen-bond donors (Lipinski definition) is 0. The smallest absolute Gasteiger partial charge is 0.298 e. The maximum absolute atomic E-state index is 11.1. The van der Waals surface area contributed by atoms with Gasteiger partial charge in [-0.15, -0.1) is 11.3 Å². The molecule has 4 aromatic heterocycles. The van der Waals surface area contributed by atoms with Gasteiger partial charge >= 0.3 is 0 Å². The van der Waals surface area contributed by atoms with Crippen LogP contribution in [0.25, 0.3) is 33.2 Å². The van der Waals surface area contributed by atoms with E-state index in [1.54, 1.807) is 41.8 Å². The number of pyridine rings is 3. The fraction of sp³-hybridized carbons (Fsp3) is 0.276. The van der Waals surface area contributed by atoms with Crippen molar-refractivity contribution in [3.63, 3.8) is 0 Å². The summed E-state index contributed by atoms with van der Waals surface area (Å²) in [4.78, 5) is 37.7. The van der Waals surface area contributed by atoms with Crippen molar-refractivity contribution >= 4 is 24.3 Å². The molecule has 4 aromatic rings. The number of rotatable bonds is 12. The molecule has 0 saturated heterocycles. The molecule has 0 unspecified atom stereocenters. The van der Waals surface area contributed by atoms with Gasteiger partial charge in [0.15, 0.2) is 11.5 Å². The number of aromatic nitrogens is 3. The molecule has 0 aromatic carbocycles. The lowest BCUT2D eigenvalue weighted by atomic mass is 10.1. The topological polar surface area (TPSA) is 110 Å². The lowest BCUT2D eigenvalue weighted by molar-refractivity contribution is -0.121. The second kappa shape index (κ2) is 12.5. The summed E-state index contributed by atoms with van der Waals surface area (Å²) in [5.41, 5.74) is 2.86. The third-order valence-corrected chi connectivity index (χ3v) is 7.43. The highest BCUT2D eigenvalue weighted by Gasteiger charge is 2.25. The fourth-order valence-electron chi connectivity index (χ4n) is 4.33. The van der Waals surface area contributed by atoms with Gasteiger partial charge in [0.05, 0.1) is 32.5 Å². The normalized spacial score (nSPS) is 12.1. The van der Waals surface area contributed by atoms with Gasteiger partial charge in [-0.2, -0.15) is 0 Å². The van der Waals surface area contributed by atoms with Crippen molar-refractivity contribution < 1.29 is 28.5 Å². The summed E-state index contributed by atoms with van der Waals surface area (Å²) in [5, 5.41) is 0. The first kappa shape index (κ1) is 26.3. The van der Waals surface area contributed by atoms with Crippen molar-refractivity contribution in [2.75, 3.05) is 13.2 Å². The van der Waals surface area contributed by atoms with E-state index in [9.17, 15) is 9.59 Å². The quantitative estimate of drug-likeness (QED) is 0.159. The molecule has 39 heavy (non-hydrogen) atoms. The van der Waals surface area contributed by atoms with Crippen LogP contribution in [0.4, 0.5) is 0 Å². The van der Waals surface area contributed by atoms with E-state index in [1.165, 1.54) is 30.3 Å². The van der Waals surface area contributed by atoms with Crippen molar-refractivity contribution in [1.29, 1.82) is 0 Å². The Morgan fingerprint density at radius 1 is 0.846 bits per heavy atom. The van der Waals surface area contributed by atoms with Gasteiger partial charge in [0.2, 0.25) is 0 Å². The van der Waals surface area contributed by atoms with E-state index in [4.69, 9.17) is 18.9 Å². The molecule has 1 aliphatic rings. The average molecular weight is 546 g/mol. The summed E-state index contributed by atoms with van der Waals surface area (Å²) in [6, 6.07) is 10.2. The summed E-state index contributed by atoms with van der Waals surface area (Å²) in [7, 11) is 0. The van der Waals surface area contributed by atoms with E-state index >= 15 is 0 Å². The highest BCUT2D eigenvalue weighted by Crippen LogP contribution is 2.49. The summed E-state index contributed by atoms with van der Waals surface area (Å²) in [6.45, 7) is 3.96. The molecule has 0 fully saturated rings. The molecule has 0 bridgehead atoms. The van der Waals surface area contributed by atoms with Crippen LogP contribution in [0.15, 0.2) is 48.8 Å². The Hall–Kier alpha value is -4.31. The molecule has 0 saturated carbocycles. The zero-order chi connectivity index (χ0) is 27.0. The molecule has 1 aliphatic heterocycles. The van der Waals surface area contributed by atoms with Crippen molar-refractivity contribution in [3.8, 4) is 56.2 Å². The molecule has 5 heterocycles. The minimum Gasteiger partial charge on any atom is -0.485 e. The van der Waals surface area contributed by atoms with Crippen molar-refractivity contribution in [1.82, 2.24) is 15.0 Å². The monoisotopic (exact) mass is 545 g/mol. The number of thiophene rings is 1. The molecule has 0 N–H and O–H groups in total. The van der Waals surface area contributed by atoms with Gasteiger partial charge in [-0.05, 0) is 31.0 Å². The van der Waals surface area contributed by atoms with E-state index in [1.807, 2.05) is 12.1 Å². The van der Waals surface area contributed by atoms with Gasteiger partial charge in [-0.25, -0.2) is 4.98 Å². The summed E-state index contributed by atoms with van der Waals surface area (Å²) in [6.07, 6.45) is 8.99. The lowest BCUT2D eigenvalue weighted by Gasteiger charge is -2.17. The standard InChI is InChI=1S/C29H27N3O6S/c1-2-3-4-5-6-26-27-28(36-12-11-35-27)29(39-26)19-7-8-22(31-16-19)24-14-21(38-18-34)15-25(32-24)23-13-20(37-17-33)9-10-30-23/h7-10,13-18H,2-6,11-12H2,1H3. The van der Waals surface area contributed by atoms with Gasteiger partial charge in [0.25, 0.3) is 12.9 Å².